The number of ether oxygens (including phenoxy) is 1. The van der Waals surface area contributed by atoms with E-state index in [2.05, 4.69) is 10.4 Å². The lowest BCUT2D eigenvalue weighted by molar-refractivity contribution is -0.119. The lowest BCUT2D eigenvalue weighted by atomic mass is 10.2. The molecule has 0 unspecified atom stereocenters. The molecule has 0 aliphatic rings. The second-order valence-electron chi connectivity index (χ2n) is 5.39. The minimum Gasteiger partial charge on any atom is -0.451 e. The molecule has 0 aliphatic carbocycles. The van der Waals surface area contributed by atoms with Crippen molar-refractivity contribution in [2.75, 3.05) is 11.9 Å². The predicted octanol–water partition coefficient (Wildman–Crippen LogP) is 2.41. The summed E-state index contributed by atoms with van der Waals surface area (Å²) in [6.45, 7) is 3.67. The molecule has 25 heavy (non-hydrogen) atoms. The van der Waals surface area contributed by atoms with Gasteiger partial charge in [-0.05, 0) is 37.1 Å². The van der Waals surface area contributed by atoms with Crippen LogP contribution in [-0.2, 0) is 16.1 Å². The Hall–Kier alpha value is -2.67. The van der Waals surface area contributed by atoms with Crippen LogP contribution in [0.4, 0.5) is 5.69 Å². The molecule has 0 radical (unpaired) electrons. The molecule has 0 bridgehead atoms. The molecule has 132 valence electrons. The predicted molar refractivity (Wildman–Crippen MR) is 93.9 cm³/mol. The van der Waals surface area contributed by atoms with Gasteiger partial charge >= 0.3 is 5.97 Å². The number of hydrogen-bond acceptors (Lipinski definition) is 5. The van der Waals surface area contributed by atoms with Gasteiger partial charge < -0.3 is 10.1 Å². The van der Waals surface area contributed by atoms with Crippen LogP contribution in [0, 0.1) is 6.92 Å². The lowest BCUT2D eigenvalue weighted by Crippen LogP contribution is -2.26. The van der Waals surface area contributed by atoms with Crippen LogP contribution in [0.25, 0.3) is 0 Å². The van der Waals surface area contributed by atoms with Crippen molar-refractivity contribution < 1.29 is 14.3 Å². The van der Waals surface area contributed by atoms with Crippen LogP contribution < -0.4 is 10.9 Å². The van der Waals surface area contributed by atoms with Gasteiger partial charge in [-0.2, -0.15) is 5.10 Å². The highest BCUT2D eigenvalue weighted by atomic mass is 35.5. The number of nitrogens with zero attached hydrogens (tertiary/aromatic N) is 2. The van der Waals surface area contributed by atoms with Crippen LogP contribution in [0.2, 0.25) is 5.02 Å². The average molecular weight is 364 g/mol. The number of amides is 1. The molecule has 0 spiro atoms. The van der Waals surface area contributed by atoms with Crippen LogP contribution in [0.5, 0.6) is 0 Å². The highest BCUT2D eigenvalue weighted by Gasteiger charge is 2.14. The summed E-state index contributed by atoms with van der Waals surface area (Å²) in [4.78, 5) is 35.4. The maximum atomic E-state index is 12.0. The fourth-order valence-electron chi connectivity index (χ4n) is 2.04. The largest absolute Gasteiger partial charge is 0.451 e. The van der Waals surface area contributed by atoms with Crippen LogP contribution in [0.3, 0.4) is 0 Å². The van der Waals surface area contributed by atoms with E-state index in [9.17, 15) is 14.4 Å². The van der Waals surface area contributed by atoms with Gasteiger partial charge in [0.05, 0.1) is 10.7 Å². The number of benzene rings is 1. The molecule has 0 atom stereocenters. The molecule has 0 saturated heterocycles. The van der Waals surface area contributed by atoms with E-state index in [4.69, 9.17) is 16.3 Å². The molecule has 1 aromatic heterocycles. The molecule has 2 aromatic rings. The summed E-state index contributed by atoms with van der Waals surface area (Å²) in [6, 6.07) is 7.69. The second-order valence-corrected chi connectivity index (χ2v) is 5.79. The van der Waals surface area contributed by atoms with E-state index in [0.717, 1.165) is 5.56 Å². The fraction of sp³-hybridized carbons (Fsp3) is 0.294. The van der Waals surface area contributed by atoms with Crippen molar-refractivity contribution >= 4 is 29.2 Å². The molecule has 2 rings (SSSR count). The highest BCUT2D eigenvalue weighted by molar-refractivity contribution is 6.33. The van der Waals surface area contributed by atoms with E-state index in [1.54, 1.807) is 18.2 Å². The summed E-state index contributed by atoms with van der Waals surface area (Å²) < 4.78 is 6.11. The average Bonchev–Trinajstić information content (AvgIpc) is 2.57. The monoisotopic (exact) mass is 363 g/mol. The zero-order valence-corrected chi connectivity index (χ0v) is 14.7. The van der Waals surface area contributed by atoms with Gasteiger partial charge in [-0.25, -0.2) is 9.48 Å². The number of halogens is 1. The Morgan fingerprint density at radius 3 is 2.72 bits per heavy atom. The number of esters is 1. The maximum Gasteiger partial charge on any atom is 0.359 e. The molecule has 1 N–H and O–H groups in total. The molecule has 1 heterocycles. The SMILES string of the molecule is CCCn1nc(C(=O)OCC(=O)Nc2ccc(C)cc2Cl)ccc1=O. The van der Waals surface area contributed by atoms with E-state index in [1.807, 2.05) is 13.8 Å². The summed E-state index contributed by atoms with van der Waals surface area (Å²) in [5.41, 5.74) is 1.06. The number of anilines is 1. The quantitative estimate of drug-likeness (QED) is 0.796. The van der Waals surface area contributed by atoms with Crippen molar-refractivity contribution in [1.82, 2.24) is 9.78 Å². The molecule has 0 aliphatic heterocycles. The minimum atomic E-state index is -0.782. The molecule has 1 aromatic carbocycles. The highest BCUT2D eigenvalue weighted by Crippen LogP contribution is 2.22. The molecular weight excluding hydrogens is 346 g/mol. The van der Waals surface area contributed by atoms with Crippen molar-refractivity contribution in [1.29, 1.82) is 0 Å². The van der Waals surface area contributed by atoms with Crippen LogP contribution in [-0.4, -0.2) is 28.3 Å². The lowest BCUT2D eigenvalue weighted by Gasteiger charge is -2.09. The third-order valence-electron chi connectivity index (χ3n) is 3.24. The normalized spacial score (nSPS) is 10.4. The van der Waals surface area contributed by atoms with Gasteiger partial charge in [0.1, 0.15) is 0 Å². The summed E-state index contributed by atoms with van der Waals surface area (Å²) >= 11 is 6.03. The van der Waals surface area contributed by atoms with E-state index >= 15 is 0 Å². The van der Waals surface area contributed by atoms with Crippen molar-refractivity contribution in [2.24, 2.45) is 0 Å². The van der Waals surface area contributed by atoms with Crippen molar-refractivity contribution in [2.45, 2.75) is 26.8 Å². The third kappa shape index (κ3) is 5.15. The van der Waals surface area contributed by atoms with Crippen LogP contribution in [0.15, 0.2) is 35.1 Å². The van der Waals surface area contributed by atoms with Crippen LogP contribution >= 0.6 is 11.6 Å². The smallest absolute Gasteiger partial charge is 0.359 e. The first-order valence-corrected chi connectivity index (χ1v) is 8.09. The topological polar surface area (TPSA) is 90.3 Å². The zero-order chi connectivity index (χ0) is 18.4. The first kappa shape index (κ1) is 18.7. The number of carbonyl (C=O) groups is 2. The van der Waals surface area contributed by atoms with E-state index in [1.165, 1.54) is 16.8 Å². The molecule has 1 amide bonds. The minimum absolute atomic E-state index is 0.0331. The summed E-state index contributed by atoms with van der Waals surface area (Å²) in [5.74, 6) is -1.31. The Balaban J connectivity index is 1.96. The Labute approximate surface area is 149 Å². The van der Waals surface area contributed by atoms with Gasteiger partial charge in [-0.1, -0.05) is 24.6 Å². The standard InChI is InChI=1S/C17H18ClN3O4/c1-3-8-21-16(23)7-6-14(20-21)17(24)25-10-15(22)19-13-5-4-11(2)9-12(13)18/h4-7,9H,3,8,10H2,1-2H3,(H,19,22). The van der Waals surface area contributed by atoms with Crippen LogP contribution in [0.1, 0.15) is 29.4 Å². The summed E-state index contributed by atoms with van der Waals surface area (Å²) in [6.07, 6.45) is 0.700. The number of carbonyl (C=O) groups excluding carboxylic acids is 2. The van der Waals surface area contributed by atoms with Gasteiger partial charge in [-0.15, -0.1) is 0 Å². The molecular formula is C17H18ClN3O4. The zero-order valence-electron chi connectivity index (χ0n) is 13.9. The number of aryl methyl sites for hydroxylation is 2. The fourth-order valence-corrected chi connectivity index (χ4v) is 2.32. The number of nitrogens with one attached hydrogen (secondary N) is 1. The van der Waals surface area contributed by atoms with E-state index in [-0.39, 0.29) is 11.3 Å². The summed E-state index contributed by atoms with van der Waals surface area (Å²) in [5, 5.41) is 6.88. The van der Waals surface area contributed by atoms with Crippen molar-refractivity contribution in [3.05, 3.63) is 57.0 Å². The Morgan fingerprint density at radius 2 is 2.04 bits per heavy atom. The van der Waals surface area contributed by atoms with Gasteiger partial charge in [0.25, 0.3) is 11.5 Å². The number of rotatable bonds is 6. The number of aromatic nitrogens is 2. The van der Waals surface area contributed by atoms with Gasteiger partial charge in [-0.3, -0.25) is 9.59 Å². The van der Waals surface area contributed by atoms with Crippen molar-refractivity contribution in [3.63, 3.8) is 0 Å². The van der Waals surface area contributed by atoms with E-state index < -0.39 is 18.5 Å². The molecule has 7 nitrogen and oxygen atoms in total. The Kier molecular flexibility index (Phi) is 6.30. The van der Waals surface area contributed by atoms with Gasteiger partial charge in [0.2, 0.25) is 0 Å². The molecule has 0 fully saturated rings. The van der Waals surface area contributed by atoms with E-state index in [0.29, 0.717) is 23.7 Å². The first-order valence-electron chi connectivity index (χ1n) is 7.72. The third-order valence-corrected chi connectivity index (χ3v) is 3.56. The molecule has 0 saturated carbocycles. The van der Waals surface area contributed by atoms with Crippen molar-refractivity contribution in [3.8, 4) is 0 Å². The number of hydrogen-bond donors (Lipinski definition) is 1. The Morgan fingerprint density at radius 1 is 1.28 bits per heavy atom. The molecule has 8 heteroatoms. The Bertz CT molecular complexity index is 848. The maximum absolute atomic E-state index is 12.0. The first-order chi connectivity index (χ1) is 11.9. The summed E-state index contributed by atoms with van der Waals surface area (Å²) in [7, 11) is 0. The van der Waals surface area contributed by atoms with Gasteiger partial charge in [0.15, 0.2) is 12.3 Å². The second kappa shape index (κ2) is 8.43. The van der Waals surface area contributed by atoms with Gasteiger partial charge in [0, 0.05) is 12.6 Å².